The molecular weight excluding hydrogens is 473 g/mol. The Bertz CT molecular complexity index is 1180. The van der Waals surface area contributed by atoms with E-state index in [1.54, 1.807) is 6.07 Å². The number of ether oxygens (including phenoxy) is 2. The SMILES string of the molecule is C[C@](C#N)(OCCO)[C@@H]1COc2c(F)ccc(F)c2[C@H]1S(=O)(=O)c1ccc(C(F)(F)F)cc1. The predicted molar refractivity (Wildman–Crippen MR) is 104 cm³/mol. The zero-order valence-corrected chi connectivity index (χ0v) is 17.9. The highest BCUT2D eigenvalue weighted by molar-refractivity contribution is 7.91. The predicted octanol–water partition coefficient (Wildman–Crippen LogP) is 3.80. The second kappa shape index (κ2) is 8.89. The third-order valence-electron chi connectivity index (χ3n) is 5.42. The lowest BCUT2D eigenvalue weighted by Crippen LogP contribution is -2.48. The fraction of sp³-hybridized carbons (Fsp3) is 0.381. The molecule has 0 radical (unpaired) electrons. The van der Waals surface area contributed by atoms with E-state index in [1.807, 2.05) is 0 Å². The van der Waals surface area contributed by atoms with Gasteiger partial charge in [-0.25, -0.2) is 17.2 Å². The van der Waals surface area contributed by atoms with Gasteiger partial charge in [0, 0.05) is 0 Å². The van der Waals surface area contributed by atoms with E-state index >= 15 is 0 Å². The van der Waals surface area contributed by atoms with E-state index in [2.05, 4.69) is 0 Å². The highest BCUT2D eigenvalue weighted by atomic mass is 32.2. The molecule has 1 heterocycles. The van der Waals surface area contributed by atoms with Gasteiger partial charge in [0.05, 0.1) is 47.8 Å². The highest BCUT2D eigenvalue weighted by Crippen LogP contribution is 2.49. The smallest absolute Gasteiger partial charge is 0.416 e. The number of aliphatic hydroxyl groups is 1. The number of fused-ring (bicyclic) bond motifs is 1. The molecule has 0 saturated carbocycles. The summed E-state index contributed by atoms with van der Waals surface area (Å²) in [6.45, 7) is -0.256. The maximum atomic E-state index is 14.9. The van der Waals surface area contributed by atoms with Gasteiger partial charge in [0.15, 0.2) is 27.0 Å². The molecule has 3 atom stereocenters. The largest absolute Gasteiger partial charge is 0.490 e. The van der Waals surface area contributed by atoms with Gasteiger partial charge in [-0.05, 0) is 43.3 Å². The van der Waals surface area contributed by atoms with Crippen LogP contribution in [0.5, 0.6) is 5.75 Å². The zero-order valence-electron chi connectivity index (χ0n) is 17.1. The summed E-state index contributed by atoms with van der Waals surface area (Å²) in [5.74, 6) is -4.29. The van der Waals surface area contributed by atoms with Gasteiger partial charge in [-0.1, -0.05) is 0 Å². The van der Waals surface area contributed by atoms with Crippen LogP contribution in [0.25, 0.3) is 0 Å². The van der Waals surface area contributed by atoms with Crippen LogP contribution in [0.4, 0.5) is 22.0 Å². The van der Waals surface area contributed by atoms with E-state index in [0.717, 1.165) is 6.07 Å². The van der Waals surface area contributed by atoms with Gasteiger partial charge in [0.2, 0.25) is 0 Å². The average molecular weight is 491 g/mol. The molecule has 1 aliphatic rings. The summed E-state index contributed by atoms with van der Waals surface area (Å²) >= 11 is 0. The Kier molecular flexibility index (Phi) is 6.70. The molecule has 2 aromatic rings. The van der Waals surface area contributed by atoms with Gasteiger partial charge in [-0.15, -0.1) is 0 Å². The first-order chi connectivity index (χ1) is 15.4. The van der Waals surface area contributed by atoms with Gasteiger partial charge >= 0.3 is 6.18 Å². The van der Waals surface area contributed by atoms with E-state index in [-0.39, 0.29) is 6.61 Å². The topological polar surface area (TPSA) is 96.6 Å². The van der Waals surface area contributed by atoms with Crippen molar-refractivity contribution in [1.29, 1.82) is 5.26 Å². The molecule has 0 unspecified atom stereocenters. The minimum absolute atomic E-state index is 0.369. The minimum atomic E-state index is -4.72. The van der Waals surface area contributed by atoms with E-state index < -0.39 is 79.4 Å². The minimum Gasteiger partial charge on any atom is -0.490 e. The Labute approximate surface area is 186 Å². The lowest BCUT2D eigenvalue weighted by atomic mass is 9.83. The van der Waals surface area contributed by atoms with Gasteiger partial charge in [0.25, 0.3) is 0 Å². The van der Waals surface area contributed by atoms with Crippen LogP contribution >= 0.6 is 0 Å². The first-order valence-corrected chi connectivity index (χ1v) is 11.1. The number of rotatable bonds is 6. The van der Waals surface area contributed by atoms with Crippen molar-refractivity contribution in [2.75, 3.05) is 19.8 Å². The number of nitriles is 1. The molecule has 0 aliphatic carbocycles. The third-order valence-corrected chi connectivity index (χ3v) is 7.58. The van der Waals surface area contributed by atoms with E-state index in [1.165, 1.54) is 6.92 Å². The number of alkyl halides is 3. The second-order valence-corrected chi connectivity index (χ2v) is 9.54. The Morgan fingerprint density at radius 3 is 2.30 bits per heavy atom. The summed E-state index contributed by atoms with van der Waals surface area (Å²) < 4.78 is 106. The molecule has 0 amide bonds. The molecule has 2 aromatic carbocycles. The van der Waals surface area contributed by atoms with Crippen LogP contribution in [0.3, 0.4) is 0 Å². The first kappa shape index (κ1) is 24.9. The molecule has 0 saturated heterocycles. The summed E-state index contributed by atoms with van der Waals surface area (Å²) in [7, 11) is -4.69. The third kappa shape index (κ3) is 4.53. The van der Waals surface area contributed by atoms with Crippen molar-refractivity contribution in [3.63, 3.8) is 0 Å². The molecule has 3 rings (SSSR count). The Hall–Kier alpha value is -2.75. The number of benzene rings is 2. The number of hydrogen-bond donors (Lipinski definition) is 1. The molecule has 0 fully saturated rings. The quantitative estimate of drug-likeness (QED) is 0.618. The number of nitrogens with zero attached hydrogens (tertiary/aromatic N) is 1. The fourth-order valence-corrected chi connectivity index (χ4v) is 5.81. The van der Waals surface area contributed by atoms with Crippen LogP contribution in [0, 0.1) is 28.9 Å². The van der Waals surface area contributed by atoms with E-state index in [4.69, 9.17) is 14.6 Å². The molecule has 33 heavy (non-hydrogen) atoms. The Morgan fingerprint density at radius 1 is 1.15 bits per heavy atom. The number of halogens is 5. The van der Waals surface area contributed by atoms with Crippen molar-refractivity contribution in [2.24, 2.45) is 5.92 Å². The van der Waals surface area contributed by atoms with Crippen molar-refractivity contribution in [3.05, 3.63) is 59.2 Å². The van der Waals surface area contributed by atoms with Gasteiger partial charge in [-0.3, -0.25) is 0 Å². The number of sulfone groups is 1. The van der Waals surface area contributed by atoms with E-state index in [0.29, 0.717) is 30.3 Å². The molecule has 0 aromatic heterocycles. The van der Waals surface area contributed by atoms with Crippen molar-refractivity contribution in [3.8, 4) is 11.8 Å². The monoisotopic (exact) mass is 491 g/mol. The van der Waals surface area contributed by atoms with Crippen molar-refractivity contribution >= 4 is 9.84 Å². The zero-order chi connectivity index (χ0) is 24.6. The molecule has 6 nitrogen and oxygen atoms in total. The fourth-order valence-electron chi connectivity index (χ4n) is 3.70. The molecule has 1 N–H and O–H groups in total. The maximum absolute atomic E-state index is 14.9. The second-order valence-electron chi connectivity index (χ2n) is 7.47. The lowest BCUT2D eigenvalue weighted by Gasteiger charge is -2.40. The molecule has 1 aliphatic heterocycles. The van der Waals surface area contributed by atoms with Crippen LogP contribution in [0.1, 0.15) is 23.3 Å². The average Bonchev–Trinajstić information content (AvgIpc) is 2.78. The maximum Gasteiger partial charge on any atom is 0.416 e. The summed E-state index contributed by atoms with van der Waals surface area (Å²) in [6.07, 6.45) is -4.72. The molecule has 12 heteroatoms. The molecule has 178 valence electrons. The van der Waals surface area contributed by atoms with Crippen molar-refractivity contribution < 1.29 is 45.0 Å². The van der Waals surface area contributed by atoms with Crippen LogP contribution in [0.15, 0.2) is 41.3 Å². The van der Waals surface area contributed by atoms with Gasteiger partial charge < -0.3 is 14.6 Å². The summed E-state index contributed by atoms with van der Waals surface area (Å²) in [4.78, 5) is -0.593. The summed E-state index contributed by atoms with van der Waals surface area (Å²) in [5.41, 5.74) is -3.74. The van der Waals surface area contributed by atoms with E-state index in [9.17, 15) is 35.6 Å². The molecule has 0 spiro atoms. The van der Waals surface area contributed by atoms with Crippen LogP contribution in [-0.2, 0) is 20.8 Å². The molecular formula is C21H18F5NO5S. The molecule has 0 bridgehead atoms. The van der Waals surface area contributed by atoms with Gasteiger partial charge in [-0.2, -0.15) is 18.4 Å². The standard InChI is InChI=1S/C21H18F5NO5S/c1-20(11-27,32-9-8-28)14-10-31-18-16(23)7-6-15(22)17(18)19(14)33(29,30)13-4-2-12(3-5-13)21(24,25)26/h2-7,14,19,28H,8-10H2,1H3/t14-,19+,20-/m1/s1. The van der Waals surface area contributed by atoms with Gasteiger partial charge in [0.1, 0.15) is 11.1 Å². The Balaban J connectivity index is 2.22. The van der Waals surface area contributed by atoms with Crippen LogP contribution in [-0.4, -0.2) is 38.9 Å². The van der Waals surface area contributed by atoms with Crippen LogP contribution < -0.4 is 4.74 Å². The van der Waals surface area contributed by atoms with Crippen molar-refractivity contribution in [2.45, 2.75) is 28.8 Å². The summed E-state index contributed by atoms with van der Waals surface area (Å²) in [5, 5.41) is 16.9. The lowest BCUT2D eigenvalue weighted by molar-refractivity contribution is -0.137. The van der Waals surface area contributed by atoms with Crippen LogP contribution in [0.2, 0.25) is 0 Å². The Morgan fingerprint density at radius 2 is 1.76 bits per heavy atom. The normalized spacial score (nSPS) is 20.3. The number of aliphatic hydroxyl groups excluding tert-OH is 1. The first-order valence-electron chi connectivity index (χ1n) is 9.54. The number of hydrogen-bond acceptors (Lipinski definition) is 6. The van der Waals surface area contributed by atoms with Crippen molar-refractivity contribution in [1.82, 2.24) is 0 Å². The summed E-state index contributed by atoms with van der Waals surface area (Å²) in [6, 6.07) is 5.73. The highest BCUT2D eigenvalue weighted by Gasteiger charge is 2.52.